The van der Waals surface area contributed by atoms with Gasteiger partial charge >= 0.3 is 13.6 Å². The van der Waals surface area contributed by atoms with Crippen LogP contribution in [0.3, 0.4) is 0 Å². The number of halogens is 1. The van der Waals surface area contributed by atoms with Crippen LogP contribution in [0.5, 0.6) is 0 Å². The van der Waals surface area contributed by atoms with Crippen LogP contribution >= 0.6 is 19.2 Å². The Morgan fingerprint density at radius 1 is 1.38 bits per heavy atom. The summed E-state index contributed by atoms with van der Waals surface area (Å²) < 4.78 is 28.1. The van der Waals surface area contributed by atoms with Crippen LogP contribution in [0.1, 0.15) is 13.2 Å². The van der Waals surface area contributed by atoms with Gasteiger partial charge in [0.1, 0.15) is 29.0 Å². The summed E-state index contributed by atoms with van der Waals surface area (Å²) in [5, 5.41) is 20.8. The number of rotatable bonds is 7. The largest absolute Gasteiger partial charge is 0.464 e. The number of carbonyl (C=O) groups is 1. The van der Waals surface area contributed by atoms with Gasteiger partial charge in [-0.15, -0.1) is 0 Å². The Morgan fingerprint density at radius 2 is 2.10 bits per heavy atom. The van der Waals surface area contributed by atoms with Crippen molar-refractivity contribution in [3.8, 4) is 0 Å². The van der Waals surface area contributed by atoms with Crippen LogP contribution in [0.25, 0.3) is 11.2 Å². The van der Waals surface area contributed by atoms with E-state index in [0.29, 0.717) is 11.2 Å². The minimum Gasteiger partial charge on any atom is -0.464 e. The number of hydrogen-bond donors (Lipinski definition) is 4. The van der Waals surface area contributed by atoms with E-state index in [1.807, 2.05) is 0 Å². The fraction of sp³-hybridized carbons (Fsp3) is 0.533. The minimum absolute atomic E-state index is 0.106. The molecule has 2 aromatic rings. The summed E-state index contributed by atoms with van der Waals surface area (Å²) in [7, 11) is -4.99. The lowest BCUT2D eigenvalue weighted by atomic mass is 10.1. The molecule has 0 aliphatic carbocycles. The summed E-state index contributed by atoms with van der Waals surface area (Å²) >= 11 is 5.89. The Morgan fingerprint density at radius 3 is 2.76 bits per heavy atom. The van der Waals surface area contributed by atoms with Crippen LogP contribution in [0.2, 0.25) is 5.15 Å². The highest BCUT2D eigenvalue weighted by atomic mass is 35.5. The third-order valence-electron chi connectivity index (χ3n) is 4.21. The lowest BCUT2D eigenvalue weighted by Crippen LogP contribution is -2.36. The summed E-state index contributed by atoms with van der Waals surface area (Å²) in [5.41, 5.74) is 0.776. The maximum Gasteiger partial charge on any atom is 0.365 e. The zero-order valence-corrected chi connectivity index (χ0v) is 16.7. The van der Waals surface area contributed by atoms with E-state index in [-0.39, 0.29) is 11.8 Å². The third-order valence-corrected chi connectivity index (χ3v) is 5.39. The second kappa shape index (κ2) is 8.62. The summed E-state index contributed by atoms with van der Waals surface area (Å²) in [6, 6.07) is 3.15. The molecule has 29 heavy (non-hydrogen) atoms. The van der Waals surface area contributed by atoms with Crippen LogP contribution in [0.15, 0.2) is 18.5 Å². The van der Waals surface area contributed by atoms with Crippen molar-refractivity contribution in [2.45, 2.75) is 37.3 Å². The molecule has 0 bridgehead atoms. The highest BCUT2D eigenvalue weighted by molar-refractivity contribution is 7.53. The smallest absolute Gasteiger partial charge is 0.365 e. The molecule has 1 fully saturated rings. The normalized spacial score (nSPS) is 26.0. The van der Waals surface area contributed by atoms with Crippen LogP contribution in [0, 0.1) is 0 Å². The molecule has 0 spiro atoms. The van der Waals surface area contributed by atoms with Gasteiger partial charge in [-0.1, -0.05) is 11.6 Å². The van der Waals surface area contributed by atoms with Crippen molar-refractivity contribution in [2.24, 2.45) is 0 Å². The number of hydrogen-bond acceptors (Lipinski definition) is 9. The minimum atomic E-state index is -4.99. The number of imidazole rings is 1. The van der Waals surface area contributed by atoms with Gasteiger partial charge in [0.25, 0.3) is 5.85 Å². The monoisotopic (exact) mass is 451 g/mol. The maximum absolute atomic E-state index is 11.7. The predicted octanol–water partition coefficient (Wildman–Crippen LogP) is -0.213. The van der Waals surface area contributed by atoms with Crippen molar-refractivity contribution in [3.05, 3.63) is 23.6 Å². The van der Waals surface area contributed by atoms with E-state index in [4.69, 9.17) is 21.1 Å². The van der Waals surface area contributed by atoms with Crippen LogP contribution < -0.4 is 0 Å². The Labute approximate surface area is 169 Å². The van der Waals surface area contributed by atoms with E-state index in [1.165, 1.54) is 23.9 Å². The Bertz CT molecular complexity index is 935. The van der Waals surface area contributed by atoms with Gasteiger partial charge in [-0.05, 0) is 19.1 Å². The first-order chi connectivity index (χ1) is 13.6. The molecule has 0 saturated carbocycles. The highest BCUT2D eigenvalue weighted by Gasteiger charge is 2.46. The molecule has 3 rings (SSSR count). The number of aliphatic hydroxyl groups excluding tert-OH is 2. The first-order valence-electron chi connectivity index (χ1n) is 8.47. The molecule has 14 heteroatoms. The van der Waals surface area contributed by atoms with E-state index < -0.39 is 50.6 Å². The highest BCUT2D eigenvalue weighted by Crippen LogP contribution is 2.43. The number of aliphatic hydroxyl groups is 2. The zero-order chi connectivity index (χ0) is 21.3. The van der Waals surface area contributed by atoms with E-state index in [1.54, 1.807) is 6.07 Å². The summed E-state index contributed by atoms with van der Waals surface area (Å²) in [4.78, 5) is 38.6. The molecule has 1 aliphatic heterocycles. The zero-order valence-electron chi connectivity index (χ0n) is 15.0. The average Bonchev–Trinajstić information content (AvgIpc) is 3.16. The van der Waals surface area contributed by atoms with Crippen molar-refractivity contribution in [2.75, 3.05) is 13.2 Å². The van der Waals surface area contributed by atoms with Crippen molar-refractivity contribution in [1.29, 1.82) is 0 Å². The van der Waals surface area contributed by atoms with Crippen molar-refractivity contribution >= 4 is 36.3 Å². The second-order valence-electron chi connectivity index (χ2n) is 6.20. The molecule has 2 aromatic heterocycles. The van der Waals surface area contributed by atoms with E-state index in [2.05, 4.69) is 14.7 Å². The Balaban J connectivity index is 1.76. The standard InChI is InChI=1S/C15H19ClN3O9P/c1-2-26-14(22)15(29(23,24)25)27-5-8-10(20)11(21)13(28-8)19-6-17-7-3-4-9(16)18-12(7)19/h3-4,6,8,10-11,13,15,20-21H,2,5H2,1H3,(H2,23,24,25)/t8-,10+,11-,13-,15-/m1/s1. The van der Waals surface area contributed by atoms with E-state index >= 15 is 0 Å². The van der Waals surface area contributed by atoms with E-state index in [9.17, 15) is 29.4 Å². The predicted molar refractivity (Wildman–Crippen MR) is 96.9 cm³/mol. The lowest BCUT2D eigenvalue weighted by Gasteiger charge is -2.20. The molecular weight excluding hydrogens is 433 g/mol. The molecule has 4 N–H and O–H groups in total. The topological polar surface area (TPSA) is 173 Å². The Hall–Kier alpha value is -1.63. The van der Waals surface area contributed by atoms with Gasteiger partial charge in [0.15, 0.2) is 11.9 Å². The summed E-state index contributed by atoms with van der Waals surface area (Å²) in [6.07, 6.45) is -3.88. The SMILES string of the molecule is CCOC(=O)[C@H](OC[C@H]1O[C@@H](n2cnc3ccc(Cl)nc32)[C@H](O)[C@H]1O)P(=O)(O)O. The molecule has 0 unspecified atom stereocenters. The quantitative estimate of drug-likeness (QED) is 0.249. The summed E-state index contributed by atoms with van der Waals surface area (Å²) in [6.45, 7) is 0.768. The summed E-state index contributed by atoms with van der Waals surface area (Å²) in [5.74, 6) is -3.42. The number of fused-ring (bicyclic) bond motifs is 1. The number of carbonyl (C=O) groups excluding carboxylic acids is 1. The van der Waals surface area contributed by atoms with Crippen molar-refractivity contribution < 1.29 is 43.6 Å². The van der Waals surface area contributed by atoms with E-state index in [0.717, 1.165) is 0 Å². The molecule has 1 saturated heterocycles. The van der Waals surface area contributed by atoms with Crippen molar-refractivity contribution in [1.82, 2.24) is 14.5 Å². The molecule has 3 heterocycles. The van der Waals surface area contributed by atoms with Gasteiger partial charge in [-0.2, -0.15) is 0 Å². The number of esters is 1. The molecule has 0 amide bonds. The van der Waals surface area contributed by atoms with Gasteiger partial charge in [0, 0.05) is 0 Å². The molecular formula is C15H19ClN3O9P. The molecule has 5 atom stereocenters. The van der Waals surface area contributed by atoms with Crippen LogP contribution in [-0.2, 0) is 23.6 Å². The maximum atomic E-state index is 11.7. The molecule has 0 aromatic carbocycles. The number of nitrogens with zero attached hydrogens (tertiary/aromatic N) is 3. The van der Waals surface area contributed by atoms with Crippen molar-refractivity contribution in [3.63, 3.8) is 0 Å². The number of ether oxygens (including phenoxy) is 3. The Kier molecular flexibility index (Phi) is 6.56. The number of aromatic nitrogens is 3. The first kappa shape index (κ1) is 22.1. The van der Waals surface area contributed by atoms with Crippen LogP contribution in [-0.4, -0.2) is 77.9 Å². The molecule has 160 valence electrons. The van der Waals surface area contributed by atoms with Gasteiger partial charge in [0.05, 0.1) is 19.5 Å². The van der Waals surface area contributed by atoms with Gasteiger partial charge in [-0.25, -0.2) is 14.8 Å². The molecule has 12 nitrogen and oxygen atoms in total. The third kappa shape index (κ3) is 4.60. The van der Waals surface area contributed by atoms with Gasteiger partial charge in [-0.3, -0.25) is 9.13 Å². The fourth-order valence-electron chi connectivity index (χ4n) is 2.87. The molecule has 0 radical (unpaired) electrons. The van der Waals surface area contributed by atoms with Crippen LogP contribution in [0.4, 0.5) is 0 Å². The molecule has 1 aliphatic rings. The number of pyridine rings is 1. The van der Waals surface area contributed by atoms with Gasteiger partial charge < -0.3 is 34.2 Å². The average molecular weight is 452 g/mol. The lowest BCUT2D eigenvalue weighted by molar-refractivity contribution is -0.155. The second-order valence-corrected chi connectivity index (χ2v) is 8.24. The van der Waals surface area contributed by atoms with Gasteiger partial charge in [0.2, 0.25) is 0 Å². The fourth-order valence-corrected chi connectivity index (χ4v) is 3.65. The first-order valence-corrected chi connectivity index (χ1v) is 10.5.